The van der Waals surface area contributed by atoms with Gasteiger partial charge in [-0.1, -0.05) is 6.07 Å². The molecule has 6 nitrogen and oxygen atoms in total. The summed E-state index contributed by atoms with van der Waals surface area (Å²) in [5.74, 6) is 0.630. The molecule has 0 saturated heterocycles. The van der Waals surface area contributed by atoms with Gasteiger partial charge in [0.15, 0.2) is 0 Å². The highest BCUT2D eigenvalue weighted by Gasteiger charge is 2.07. The van der Waals surface area contributed by atoms with Crippen LogP contribution in [0.1, 0.15) is 13.8 Å². The van der Waals surface area contributed by atoms with Gasteiger partial charge >= 0.3 is 6.09 Å². The molecule has 6 heteroatoms. The molecule has 18 heavy (non-hydrogen) atoms. The average Bonchev–Trinajstić information content (AvgIpc) is 2.28. The quantitative estimate of drug-likeness (QED) is 0.527. The van der Waals surface area contributed by atoms with Crippen molar-refractivity contribution in [2.24, 2.45) is 5.73 Å². The minimum Gasteiger partial charge on any atom is -0.489 e. The first-order valence-electron chi connectivity index (χ1n) is 5.72. The Labute approximate surface area is 106 Å². The van der Waals surface area contributed by atoms with Crippen LogP contribution in [0, 0.1) is 0 Å². The van der Waals surface area contributed by atoms with Crippen LogP contribution < -0.4 is 21.5 Å². The molecule has 0 aromatic heterocycles. The van der Waals surface area contributed by atoms with Crippen LogP contribution in [0.2, 0.25) is 0 Å². The van der Waals surface area contributed by atoms with Crippen LogP contribution in [0.3, 0.4) is 0 Å². The fraction of sp³-hybridized carbons (Fsp3) is 0.417. The lowest BCUT2D eigenvalue weighted by atomic mass is 10.2. The van der Waals surface area contributed by atoms with Gasteiger partial charge in [-0.05, 0) is 26.0 Å². The summed E-state index contributed by atoms with van der Waals surface area (Å²) in [6.07, 6.45) is -0.734. The molecule has 5 N–H and O–H groups in total. The number of para-hydroxylation sites is 1. The number of carbonyl (C=O) groups is 1. The van der Waals surface area contributed by atoms with Crippen LogP contribution in [0.5, 0.6) is 5.75 Å². The molecule has 0 aliphatic heterocycles. The van der Waals surface area contributed by atoms with E-state index >= 15 is 0 Å². The van der Waals surface area contributed by atoms with Crippen molar-refractivity contribution in [1.82, 2.24) is 0 Å². The third-order valence-electron chi connectivity index (χ3n) is 2.09. The fourth-order valence-corrected chi connectivity index (χ4v) is 1.39. The SMILES string of the molecule is CC(C)Oc1cccc(NCCOC(N)=O)c1N. The van der Waals surface area contributed by atoms with E-state index in [0.717, 1.165) is 5.69 Å². The number of rotatable bonds is 6. The van der Waals surface area contributed by atoms with E-state index in [4.69, 9.17) is 16.2 Å². The Morgan fingerprint density at radius 3 is 2.78 bits per heavy atom. The van der Waals surface area contributed by atoms with E-state index in [-0.39, 0.29) is 12.7 Å². The number of nitrogen functional groups attached to an aromatic ring is 1. The van der Waals surface area contributed by atoms with Crippen LogP contribution >= 0.6 is 0 Å². The first-order valence-corrected chi connectivity index (χ1v) is 5.72. The Kier molecular flexibility index (Phi) is 5.10. The summed E-state index contributed by atoms with van der Waals surface area (Å²) in [5.41, 5.74) is 12.1. The van der Waals surface area contributed by atoms with E-state index in [2.05, 4.69) is 10.1 Å². The predicted molar refractivity (Wildman–Crippen MR) is 70.6 cm³/mol. The number of hydrogen-bond acceptors (Lipinski definition) is 5. The lowest BCUT2D eigenvalue weighted by Crippen LogP contribution is -2.18. The second-order valence-electron chi connectivity index (χ2n) is 3.98. The highest BCUT2D eigenvalue weighted by Crippen LogP contribution is 2.29. The third-order valence-corrected chi connectivity index (χ3v) is 2.09. The molecule has 0 bridgehead atoms. The lowest BCUT2D eigenvalue weighted by Gasteiger charge is -2.15. The van der Waals surface area contributed by atoms with Crippen LogP contribution in [-0.2, 0) is 4.74 Å². The van der Waals surface area contributed by atoms with E-state index in [1.807, 2.05) is 26.0 Å². The first-order chi connectivity index (χ1) is 8.50. The van der Waals surface area contributed by atoms with Crippen molar-refractivity contribution in [3.63, 3.8) is 0 Å². The topological polar surface area (TPSA) is 99.6 Å². The molecule has 0 aliphatic rings. The van der Waals surface area contributed by atoms with Gasteiger partial charge in [-0.2, -0.15) is 0 Å². The molecule has 0 saturated carbocycles. The zero-order chi connectivity index (χ0) is 13.5. The van der Waals surface area contributed by atoms with Gasteiger partial charge in [0.1, 0.15) is 12.4 Å². The van der Waals surface area contributed by atoms with Gasteiger partial charge in [-0.15, -0.1) is 0 Å². The van der Waals surface area contributed by atoms with Gasteiger partial charge in [-0.25, -0.2) is 4.79 Å². The second kappa shape index (κ2) is 6.58. The number of ether oxygens (including phenoxy) is 2. The normalized spacial score (nSPS) is 10.2. The van der Waals surface area contributed by atoms with Crippen molar-refractivity contribution in [1.29, 1.82) is 0 Å². The van der Waals surface area contributed by atoms with Gasteiger partial charge in [0, 0.05) is 6.54 Å². The summed E-state index contributed by atoms with van der Waals surface area (Å²) in [6.45, 7) is 4.47. The summed E-state index contributed by atoms with van der Waals surface area (Å²) < 4.78 is 10.2. The van der Waals surface area contributed by atoms with Gasteiger partial charge in [0.2, 0.25) is 0 Å². The van der Waals surface area contributed by atoms with Gasteiger partial charge < -0.3 is 26.3 Å². The maximum absolute atomic E-state index is 10.4. The van der Waals surface area contributed by atoms with Crippen molar-refractivity contribution in [2.75, 3.05) is 24.2 Å². The number of carbonyl (C=O) groups excluding carboxylic acids is 1. The molecule has 1 aromatic carbocycles. The zero-order valence-electron chi connectivity index (χ0n) is 10.6. The fourth-order valence-electron chi connectivity index (χ4n) is 1.39. The molecule has 0 atom stereocenters. The van der Waals surface area contributed by atoms with Crippen molar-refractivity contribution < 1.29 is 14.3 Å². The second-order valence-corrected chi connectivity index (χ2v) is 3.98. The number of nitrogens with two attached hydrogens (primary N) is 2. The zero-order valence-corrected chi connectivity index (χ0v) is 10.6. The number of nitrogens with one attached hydrogen (secondary N) is 1. The number of amides is 1. The molecule has 0 aliphatic carbocycles. The summed E-state index contributed by atoms with van der Waals surface area (Å²) >= 11 is 0. The van der Waals surface area contributed by atoms with E-state index < -0.39 is 6.09 Å². The van der Waals surface area contributed by atoms with Gasteiger partial charge in [0.05, 0.1) is 17.5 Å². The van der Waals surface area contributed by atoms with E-state index in [9.17, 15) is 4.79 Å². The molecule has 1 aromatic rings. The third kappa shape index (κ3) is 4.40. The number of anilines is 2. The largest absolute Gasteiger partial charge is 0.489 e. The van der Waals surface area contributed by atoms with E-state index in [1.54, 1.807) is 6.07 Å². The highest BCUT2D eigenvalue weighted by molar-refractivity contribution is 5.73. The molecular weight excluding hydrogens is 234 g/mol. The maximum Gasteiger partial charge on any atom is 0.404 e. The summed E-state index contributed by atoms with van der Waals surface area (Å²) in [7, 11) is 0. The summed E-state index contributed by atoms with van der Waals surface area (Å²) in [4.78, 5) is 10.4. The van der Waals surface area contributed by atoms with Crippen molar-refractivity contribution in [3.05, 3.63) is 18.2 Å². The Hall–Kier alpha value is -2.11. The molecule has 0 fully saturated rings. The molecular formula is C12H19N3O3. The Morgan fingerprint density at radius 2 is 2.17 bits per heavy atom. The van der Waals surface area contributed by atoms with Crippen molar-refractivity contribution >= 4 is 17.5 Å². The Bertz CT molecular complexity index is 408. The molecule has 0 radical (unpaired) electrons. The Morgan fingerprint density at radius 1 is 1.44 bits per heavy atom. The van der Waals surface area contributed by atoms with Crippen molar-refractivity contribution in [2.45, 2.75) is 20.0 Å². The highest BCUT2D eigenvalue weighted by atomic mass is 16.5. The maximum atomic E-state index is 10.4. The molecule has 1 amide bonds. The van der Waals surface area contributed by atoms with Crippen LogP contribution in [-0.4, -0.2) is 25.3 Å². The van der Waals surface area contributed by atoms with Crippen LogP contribution in [0.15, 0.2) is 18.2 Å². The lowest BCUT2D eigenvalue weighted by molar-refractivity contribution is 0.161. The van der Waals surface area contributed by atoms with Crippen LogP contribution in [0.25, 0.3) is 0 Å². The first kappa shape index (κ1) is 14.0. The molecule has 1 rings (SSSR count). The van der Waals surface area contributed by atoms with E-state index in [1.165, 1.54) is 0 Å². The summed E-state index contributed by atoms with van der Waals surface area (Å²) in [6, 6.07) is 5.47. The predicted octanol–water partition coefficient (Wildman–Crippen LogP) is 1.56. The smallest absolute Gasteiger partial charge is 0.404 e. The number of benzene rings is 1. The number of primary amides is 1. The van der Waals surface area contributed by atoms with Gasteiger partial charge in [0.25, 0.3) is 0 Å². The Balaban J connectivity index is 2.57. The van der Waals surface area contributed by atoms with Crippen molar-refractivity contribution in [3.8, 4) is 5.75 Å². The number of hydrogen-bond donors (Lipinski definition) is 3. The molecule has 0 spiro atoms. The average molecular weight is 253 g/mol. The minimum atomic E-state index is -0.790. The van der Waals surface area contributed by atoms with Gasteiger partial charge in [-0.3, -0.25) is 0 Å². The molecule has 100 valence electrons. The standard InChI is InChI=1S/C12H19N3O3/c1-8(2)18-10-5-3-4-9(11(10)13)15-6-7-17-12(14)16/h3-5,8,15H,6-7,13H2,1-2H3,(H2,14,16). The summed E-state index contributed by atoms with van der Waals surface area (Å²) in [5, 5.41) is 3.04. The van der Waals surface area contributed by atoms with Crippen LogP contribution in [0.4, 0.5) is 16.2 Å². The minimum absolute atomic E-state index is 0.0562. The molecule has 0 unspecified atom stereocenters. The molecule has 0 heterocycles. The van der Waals surface area contributed by atoms with E-state index in [0.29, 0.717) is 18.0 Å². The monoisotopic (exact) mass is 253 g/mol.